The number of hydrogen-bond acceptors (Lipinski definition) is 3. The third-order valence-electron chi connectivity index (χ3n) is 0.817. The number of hydrogen-bond donors (Lipinski definition) is 3. The summed E-state index contributed by atoms with van der Waals surface area (Å²) in [4.78, 5) is 0. The molecule has 0 aromatic rings. The highest BCUT2D eigenvalue weighted by atomic mass is 15.4. The minimum Gasteiger partial charge on any atom is -0.303 e. The van der Waals surface area contributed by atoms with E-state index in [1.54, 1.807) is 0 Å². The summed E-state index contributed by atoms with van der Waals surface area (Å²) in [5.41, 5.74) is 5.74. The average Bonchev–Trinajstić information content (AvgIpc) is 1.81. The quantitative estimate of drug-likeness (QED) is 0.262. The molecule has 0 aliphatic rings. The molecule has 3 nitrogen and oxygen atoms in total. The Morgan fingerprint density at radius 3 is 2.62 bits per heavy atom. The lowest BCUT2D eigenvalue weighted by atomic mass is 10.5. The SMILES string of the molecule is CCCNCNNC. The first-order valence-electron chi connectivity index (χ1n) is 3.02. The van der Waals surface area contributed by atoms with Crippen LogP contribution in [0.4, 0.5) is 0 Å². The Bertz CT molecular complexity index is 32.7. The topological polar surface area (TPSA) is 36.1 Å². The predicted octanol–water partition coefficient (Wildman–Crippen LogP) is -0.332. The van der Waals surface area contributed by atoms with Crippen LogP contribution in [0.25, 0.3) is 0 Å². The third-order valence-corrected chi connectivity index (χ3v) is 0.817. The lowest BCUT2D eigenvalue weighted by Crippen LogP contribution is -2.36. The maximum atomic E-state index is 3.16. The lowest BCUT2D eigenvalue weighted by Gasteiger charge is -2.01. The molecule has 3 heteroatoms. The van der Waals surface area contributed by atoms with Gasteiger partial charge in [0.25, 0.3) is 0 Å². The van der Waals surface area contributed by atoms with Gasteiger partial charge in [-0.1, -0.05) is 6.92 Å². The van der Waals surface area contributed by atoms with Gasteiger partial charge in [-0.2, -0.15) is 0 Å². The van der Waals surface area contributed by atoms with E-state index in [1.165, 1.54) is 6.42 Å². The van der Waals surface area contributed by atoms with Crippen molar-refractivity contribution in [3.8, 4) is 0 Å². The molecule has 0 saturated carbocycles. The molecule has 0 radical (unpaired) electrons. The molecule has 0 fully saturated rings. The van der Waals surface area contributed by atoms with Crippen molar-refractivity contribution in [3.63, 3.8) is 0 Å². The molecule has 0 bridgehead atoms. The zero-order valence-electron chi connectivity index (χ0n) is 5.62. The predicted molar refractivity (Wildman–Crippen MR) is 35.4 cm³/mol. The van der Waals surface area contributed by atoms with Crippen LogP contribution in [0.5, 0.6) is 0 Å². The van der Waals surface area contributed by atoms with Crippen molar-refractivity contribution in [2.45, 2.75) is 13.3 Å². The number of hydrazine groups is 1. The van der Waals surface area contributed by atoms with E-state index < -0.39 is 0 Å². The Labute approximate surface area is 50.8 Å². The Morgan fingerprint density at radius 2 is 2.12 bits per heavy atom. The molecule has 0 aromatic heterocycles. The molecule has 0 spiro atoms. The van der Waals surface area contributed by atoms with Crippen molar-refractivity contribution >= 4 is 0 Å². The molecule has 50 valence electrons. The van der Waals surface area contributed by atoms with Gasteiger partial charge in [0.2, 0.25) is 0 Å². The van der Waals surface area contributed by atoms with Gasteiger partial charge in [-0.15, -0.1) is 0 Å². The zero-order chi connectivity index (χ0) is 6.24. The minimum absolute atomic E-state index is 0.838. The summed E-state index contributed by atoms with van der Waals surface area (Å²) >= 11 is 0. The largest absolute Gasteiger partial charge is 0.303 e. The van der Waals surface area contributed by atoms with Gasteiger partial charge in [-0.05, 0) is 20.0 Å². The molecular formula is C5H15N3. The summed E-state index contributed by atoms with van der Waals surface area (Å²) in [6, 6.07) is 0. The molecule has 3 N–H and O–H groups in total. The van der Waals surface area contributed by atoms with Crippen molar-refractivity contribution in [1.29, 1.82) is 0 Å². The van der Waals surface area contributed by atoms with Crippen molar-refractivity contribution in [2.75, 3.05) is 20.3 Å². The number of nitrogens with one attached hydrogen (secondary N) is 3. The second-order valence-electron chi connectivity index (χ2n) is 1.60. The van der Waals surface area contributed by atoms with Gasteiger partial charge in [-0.3, -0.25) is 5.43 Å². The summed E-state index contributed by atoms with van der Waals surface area (Å²) < 4.78 is 0. The van der Waals surface area contributed by atoms with Crippen LogP contribution in [0.3, 0.4) is 0 Å². The van der Waals surface area contributed by atoms with Gasteiger partial charge < -0.3 is 5.32 Å². The fourth-order valence-corrected chi connectivity index (χ4v) is 0.416. The van der Waals surface area contributed by atoms with Gasteiger partial charge in [0.1, 0.15) is 0 Å². The van der Waals surface area contributed by atoms with Crippen LogP contribution in [0.15, 0.2) is 0 Å². The highest BCUT2D eigenvalue weighted by Gasteiger charge is 1.77. The van der Waals surface area contributed by atoms with Crippen molar-refractivity contribution in [2.24, 2.45) is 0 Å². The molecule has 0 rings (SSSR count). The highest BCUT2D eigenvalue weighted by molar-refractivity contribution is 4.37. The van der Waals surface area contributed by atoms with Crippen LogP contribution in [-0.2, 0) is 0 Å². The first kappa shape index (κ1) is 7.88. The molecule has 0 aromatic carbocycles. The van der Waals surface area contributed by atoms with E-state index in [4.69, 9.17) is 0 Å². The van der Waals surface area contributed by atoms with Gasteiger partial charge in [0, 0.05) is 0 Å². The Balaban J connectivity index is 2.53. The van der Waals surface area contributed by atoms with E-state index in [0.717, 1.165) is 13.2 Å². The molecule has 8 heavy (non-hydrogen) atoms. The van der Waals surface area contributed by atoms with Crippen LogP contribution in [-0.4, -0.2) is 20.3 Å². The fraction of sp³-hybridized carbons (Fsp3) is 1.00. The summed E-state index contributed by atoms with van der Waals surface area (Å²) in [6.45, 7) is 4.06. The monoisotopic (exact) mass is 117 g/mol. The smallest absolute Gasteiger partial charge is 0.0589 e. The standard InChI is InChI=1S/C5H15N3/c1-3-4-7-5-8-6-2/h6-8H,3-5H2,1-2H3. The first-order chi connectivity index (χ1) is 3.91. The molecule has 0 atom stereocenters. The van der Waals surface area contributed by atoms with Crippen LogP contribution < -0.4 is 16.2 Å². The van der Waals surface area contributed by atoms with Crippen molar-refractivity contribution in [3.05, 3.63) is 0 Å². The van der Waals surface area contributed by atoms with E-state index in [0.29, 0.717) is 0 Å². The zero-order valence-corrected chi connectivity index (χ0v) is 5.62. The summed E-state index contributed by atoms with van der Waals surface area (Å²) in [5, 5.41) is 3.16. The molecule has 0 aliphatic heterocycles. The highest BCUT2D eigenvalue weighted by Crippen LogP contribution is 1.64. The fourth-order valence-electron chi connectivity index (χ4n) is 0.416. The van der Waals surface area contributed by atoms with Gasteiger partial charge in [0.15, 0.2) is 0 Å². The van der Waals surface area contributed by atoms with Crippen molar-refractivity contribution < 1.29 is 0 Å². The van der Waals surface area contributed by atoms with E-state index in [1.807, 2.05) is 7.05 Å². The van der Waals surface area contributed by atoms with Crippen LogP contribution in [0.1, 0.15) is 13.3 Å². The summed E-state index contributed by atoms with van der Waals surface area (Å²) in [5.74, 6) is 0. The van der Waals surface area contributed by atoms with E-state index >= 15 is 0 Å². The van der Waals surface area contributed by atoms with E-state index in [9.17, 15) is 0 Å². The van der Waals surface area contributed by atoms with Crippen LogP contribution >= 0.6 is 0 Å². The summed E-state index contributed by atoms with van der Waals surface area (Å²) in [7, 11) is 1.85. The summed E-state index contributed by atoms with van der Waals surface area (Å²) in [6.07, 6.45) is 1.19. The molecule has 0 heterocycles. The Hall–Kier alpha value is -0.120. The van der Waals surface area contributed by atoms with Crippen LogP contribution in [0.2, 0.25) is 0 Å². The van der Waals surface area contributed by atoms with Gasteiger partial charge in [-0.25, -0.2) is 5.43 Å². The second kappa shape index (κ2) is 6.88. The molecule has 0 saturated heterocycles. The molecule has 0 unspecified atom stereocenters. The molecule has 0 aliphatic carbocycles. The Morgan fingerprint density at radius 1 is 1.38 bits per heavy atom. The first-order valence-corrected chi connectivity index (χ1v) is 3.02. The van der Waals surface area contributed by atoms with Crippen molar-refractivity contribution in [1.82, 2.24) is 16.2 Å². The second-order valence-corrected chi connectivity index (χ2v) is 1.60. The van der Waals surface area contributed by atoms with Gasteiger partial charge >= 0.3 is 0 Å². The van der Waals surface area contributed by atoms with E-state index in [2.05, 4.69) is 23.1 Å². The molecule has 0 amide bonds. The average molecular weight is 117 g/mol. The number of rotatable bonds is 5. The Kier molecular flexibility index (Phi) is 6.78. The van der Waals surface area contributed by atoms with Crippen LogP contribution in [0, 0.1) is 0 Å². The van der Waals surface area contributed by atoms with E-state index in [-0.39, 0.29) is 0 Å². The maximum Gasteiger partial charge on any atom is 0.0589 e. The third kappa shape index (κ3) is 5.88. The normalized spacial score (nSPS) is 9.75. The van der Waals surface area contributed by atoms with Gasteiger partial charge in [0.05, 0.1) is 6.67 Å². The maximum absolute atomic E-state index is 3.16. The lowest BCUT2D eigenvalue weighted by molar-refractivity contribution is 0.526. The molecular weight excluding hydrogens is 102 g/mol. The minimum atomic E-state index is 0.838.